The summed E-state index contributed by atoms with van der Waals surface area (Å²) < 4.78 is 5.87. The normalized spacial score (nSPS) is 20.9. The summed E-state index contributed by atoms with van der Waals surface area (Å²) in [6.45, 7) is 2.39. The first-order valence-electron chi connectivity index (χ1n) is 15.9. The predicted molar refractivity (Wildman–Crippen MR) is 176 cm³/mol. The number of carboxylic acids is 1. The van der Waals surface area contributed by atoms with Gasteiger partial charge in [0.1, 0.15) is 23.1 Å². The maximum Gasteiger partial charge on any atom is 0.335 e. The van der Waals surface area contributed by atoms with Gasteiger partial charge in [-0.05, 0) is 73.2 Å². The number of piperazine rings is 1. The molecular formula is C36H42ClN3O6. The van der Waals surface area contributed by atoms with Gasteiger partial charge >= 0.3 is 5.97 Å². The minimum Gasteiger partial charge on any atom is -0.478 e. The predicted octanol–water partition coefficient (Wildman–Crippen LogP) is 5.55. The highest BCUT2D eigenvalue weighted by atomic mass is 35.5. The number of benzene rings is 3. The SMILES string of the molecule is Cl.O=C(O)c1ccc(Oc2ccc(CN3CCC4(CC3)C(=O)N[C@H](CC3(O)CCCCC3)C(=O)N4Cc3ccccc3)cc2)cc1. The molecule has 3 fully saturated rings. The van der Waals surface area contributed by atoms with Crippen LogP contribution in [0.3, 0.4) is 0 Å². The van der Waals surface area contributed by atoms with Gasteiger partial charge in [-0.3, -0.25) is 14.5 Å². The standard InChI is InChI=1S/C36H41N3O6.ClH/c40-32-31(23-35(44)17-5-2-6-18-35)37-34(43)36(39(32)25-26-7-3-1-4-8-26)19-21-38(22-20-36)24-27-9-13-29(14-10-27)45-30-15-11-28(12-16-30)33(41)42;/h1,3-4,7-16,31,44H,2,5-6,17-25H2,(H,37,43)(H,41,42);1H/t31-;/m1./s1. The highest BCUT2D eigenvalue weighted by Crippen LogP contribution is 2.38. The van der Waals surface area contributed by atoms with Gasteiger partial charge in [0.2, 0.25) is 11.8 Å². The lowest BCUT2D eigenvalue weighted by molar-refractivity contribution is -0.164. The van der Waals surface area contributed by atoms with E-state index in [1.807, 2.05) is 59.5 Å². The number of piperidine rings is 1. The van der Waals surface area contributed by atoms with E-state index in [0.717, 1.165) is 30.4 Å². The molecule has 2 aliphatic heterocycles. The molecule has 3 N–H and O–H groups in total. The zero-order valence-electron chi connectivity index (χ0n) is 25.9. The zero-order chi connectivity index (χ0) is 31.4. The lowest BCUT2D eigenvalue weighted by Crippen LogP contribution is -2.73. The van der Waals surface area contributed by atoms with Gasteiger partial charge in [0.05, 0.1) is 11.2 Å². The smallest absolute Gasteiger partial charge is 0.335 e. The molecular weight excluding hydrogens is 606 g/mol. The van der Waals surface area contributed by atoms with Gasteiger partial charge in [0.25, 0.3) is 0 Å². The lowest BCUT2D eigenvalue weighted by Gasteiger charge is -2.52. The summed E-state index contributed by atoms with van der Waals surface area (Å²) in [5.74, 6) is 0.0251. The molecule has 0 unspecified atom stereocenters. The number of carbonyl (C=O) groups is 3. The van der Waals surface area contributed by atoms with Gasteiger partial charge in [0, 0.05) is 32.6 Å². The highest BCUT2D eigenvalue weighted by Gasteiger charge is 2.54. The number of carbonyl (C=O) groups excluding carboxylic acids is 2. The van der Waals surface area contributed by atoms with E-state index in [1.165, 1.54) is 12.1 Å². The van der Waals surface area contributed by atoms with Gasteiger partial charge in [-0.25, -0.2) is 4.79 Å². The number of aliphatic hydroxyl groups is 1. The van der Waals surface area contributed by atoms with Crippen LogP contribution in [0.15, 0.2) is 78.9 Å². The van der Waals surface area contributed by atoms with Crippen molar-refractivity contribution in [1.29, 1.82) is 0 Å². The van der Waals surface area contributed by atoms with Crippen LogP contribution >= 0.6 is 12.4 Å². The van der Waals surface area contributed by atoms with Gasteiger partial charge in [0.15, 0.2) is 0 Å². The van der Waals surface area contributed by atoms with E-state index in [-0.39, 0.29) is 36.2 Å². The molecule has 3 aromatic carbocycles. The molecule has 2 saturated heterocycles. The monoisotopic (exact) mass is 647 g/mol. The number of ether oxygens (including phenoxy) is 1. The number of nitrogens with one attached hydrogen (secondary N) is 1. The van der Waals surface area contributed by atoms with E-state index in [2.05, 4.69) is 10.2 Å². The Labute approximate surface area is 276 Å². The summed E-state index contributed by atoms with van der Waals surface area (Å²) in [5, 5.41) is 23.4. The molecule has 1 saturated carbocycles. The largest absolute Gasteiger partial charge is 0.478 e. The van der Waals surface area contributed by atoms with Crippen LogP contribution in [0.5, 0.6) is 11.5 Å². The number of halogens is 1. The first-order chi connectivity index (χ1) is 21.7. The Morgan fingerprint density at radius 2 is 1.39 bits per heavy atom. The minimum absolute atomic E-state index is 0. The van der Waals surface area contributed by atoms with Gasteiger partial charge in [-0.1, -0.05) is 61.7 Å². The average molecular weight is 648 g/mol. The van der Waals surface area contributed by atoms with Gasteiger partial charge < -0.3 is 25.2 Å². The number of hydrogen-bond acceptors (Lipinski definition) is 6. The molecule has 244 valence electrons. The molecule has 2 amide bonds. The molecule has 10 heteroatoms. The van der Waals surface area contributed by atoms with E-state index >= 15 is 0 Å². The summed E-state index contributed by atoms with van der Waals surface area (Å²) in [4.78, 5) is 43.2. The Morgan fingerprint density at radius 3 is 2.00 bits per heavy atom. The molecule has 3 aromatic rings. The molecule has 9 nitrogen and oxygen atoms in total. The second kappa shape index (κ2) is 14.2. The van der Waals surface area contributed by atoms with Gasteiger partial charge in [-0.2, -0.15) is 0 Å². The number of carboxylic acid groups (broad SMARTS) is 1. The quantitative estimate of drug-likeness (QED) is 0.279. The van der Waals surface area contributed by atoms with Crippen LogP contribution in [0.4, 0.5) is 0 Å². The van der Waals surface area contributed by atoms with Crippen molar-refractivity contribution in [3.8, 4) is 11.5 Å². The van der Waals surface area contributed by atoms with E-state index in [0.29, 0.717) is 63.4 Å². The van der Waals surface area contributed by atoms with Crippen molar-refractivity contribution in [3.63, 3.8) is 0 Å². The molecule has 2 heterocycles. The lowest BCUT2D eigenvalue weighted by atomic mass is 9.77. The first-order valence-corrected chi connectivity index (χ1v) is 15.9. The molecule has 1 aliphatic carbocycles. The third-order valence-electron chi connectivity index (χ3n) is 9.71. The van der Waals surface area contributed by atoms with E-state index in [9.17, 15) is 19.5 Å². The maximum absolute atomic E-state index is 14.1. The van der Waals surface area contributed by atoms with Crippen LogP contribution in [-0.2, 0) is 22.7 Å². The van der Waals surface area contributed by atoms with Crippen molar-refractivity contribution < 1.29 is 29.3 Å². The summed E-state index contributed by atoms with van der Waals surface area (Å²) in [7, 11) is 0. The number of rotatable bonds is 9. The fraction of sp³-hybridized carbons (Fsp3) is 0.417. The van der Waals surface area contributed by atoms with E-state index in [1.54, 1.807) is 12.1 Å². The molecule has 0 aromatic heterocycles. The Morgan fingerprint density at radius 1 is 0.804 bits per heavy atom. The Bertz CT molecular complexity index is 1500. The van der Waals surface area contributed by atoms with Crippen molar-refractivity contribution in [2.75, 3.05) is 13.1 Å². The highest BCUT2D eigenvalue weighted by molar-refractivity contribution is 6.00. The first kappa shape index (κ1) is 33.4. The van der Waals surface area contributed by atoms with Crippen LogP contribution in [-0.4, -0.2) is 68.1 Å². The van der Waals surface area contributed by atoms with Crippen molar-refractivity contribution in [2.45, 2.75) is 81.6 Å². The minimum atomic E-state index is -0.979. The third kappa shape index (κ3) is 7.38. The molecule has 1 atom stereocenters. The molecule has 1 spiro atoms. The van der Waals surface area contributed by atoms with Crippen molar-refractivity contribution in [2.24, 2.45) is 0 Å². The Balaban J connectivity index is 0.00000417. The van der Waals surface area contributed by atoms with Crippen LogP contribution in [0, 0.1) is 0 Å². The number of hydrogen-bond donors (Lipinski definition) is 3. The Hall–Kier alpha value is -3.92. The van der Waals surface area contributed by atoms with Crippen LogP contribution in [0.1, 0.15) is 72.9 Å². The van der Waals surface area contributed by atoms with E-state index in [4.69, 9.17) is 9.84 Å². The zero-order valence-corrected chi connectivity index (χ0v) is 26.7. The summed E-state index contributed by atoms with van der Waals surface area (Å²) in [5.41, 5.74) is 0.451. The summed E-state index contributed by atoms with van der Waals surface area (Å²) >= 11 is 0. The number of likely N-dealkylation sites (tertiary alicyclic amines) is 1. The molecule has 0 bridgehead atoms. The van der Waals surface area contributed by atoms with E-state index < -0.39 is 23.2 Å². The summed E-state index contributed by atoms with van der Waals surface area (Å²) in [6, 6.07) is 23.2. The van der Waals surface area contributed by atoms with Crippen LogP contribution in [0.25, 0.3) is 0 Å². The molecule has 46 heavy (non-hydrogen) atoms. The summed E-state index contributed by atoms with van der Waals surface area (Å²) in [6.07, 6.45) is 5.63. The number of aromatic carboxylic acids is 1. The second-order valence-corrected chi connectivity index (χ2v) is 12.8. The fourth-order valence-corrected chi connectivity index (χ4v) is 7.10. The van der Waals surface area contributed by atoms with Crippen molar-refractivity contribution >= 4 is 30.2 Å². The number of amides is 2. The maximum atomic E-state index is 14.1. The second-order valence-electron chi connectivity index (χ2n) is 12.8. The average Bonchev–Trinajstić information content (AvgIpc) is 3.05. The fourth-order valence-electron chi connectivity index (χ4n) is 7.10. The van der Waals surface area contributed by atoms with Crippen molar-refractivity contribution in [1.82, 2.24) is 15.1 Å². The topological polar surface area (TPSA) is 119 Å². The van der Waals surface area contributed by atoms with Gasteiger partial charge in [-0.15, -0.1) is 12.4 Å². The third-order valence-corrected chi connectivity index (χ3v) is 9.71. The van der Waals surface area contributed by atoms with Crippen LogP contribution < -0.4 is 10.1 Å². The molecule has 6 rings (SSSR count). The molecule has 3 aliphatic rings. The van der Waals surface area contributed by atoms with Crippen molar-refractivity contribution in [3.05, 3.63) is 95.6 Å². The Kier molecular flexibility index (Phi) is 10.4. The van der Waals surface area contributed by atoms with Crippen LogP contribution in [0.2, 0.25) is 0 Å². The number of nitrogens with zero attached hydrogens (tertiary/aromatic N) is 2. The molecule has 0 radical (unpaired) electrons.